The van der Waals surface area contributed by atoms with E-state index in [4.69, 9.17) is 9.15 Å². The maximum atomic E-state index is 12.3. The average Bonchev–Trinajstić information content (AvgIpc) is 3.17. The Morgan fingerprint density at radius 2 is 1.74 bits per heavy atom. The van der Waals surface area contributed by atoms with Crippen molar-refractivity contribution in [1.29, 1.82) is 0 Å². The molecule has 0 saturated carbocycles. The molecule has 0 aliphatic rings. The number of aromatic nitrogens is 1. The number of para-hydroxylation sites is 2. The maximum Gasteiger partial charge on any atom is 0.227 e. The van der Waals surface area contributed by atoms with Gasteiger partial charge in [0.2, 0.25) is 5.89 Å². The Morgan fingerprint density at radius 3 is 2.44 bits per heavy atom. The first kappa shape index (κ1) is 16.8. The number of fused-ring (bicyclic) bond motifs is 1. The van der Waals surface area contributed by atoms with Crippen LogP contribution in [0.2, 0.25) is 0 Å². The molecule has 1 N–H and O–H groups in total. The highest BCUT2D eigenvalue weighted by Crippen LogP contribution is 2.25. The first-order valence-electron chi connectivity index (χ1n) is 8.60. The van der Waals surface area contributed by atoms with Crippen molar-refractivity contribution >= 4 is 22.6 Å². The van der Waals surface area contributed by atoms with Crippen LogP contribution in [0, 0.1) is 0 Å². The number of anilines is 1. The summed E-state index contributed by atoms with van der Waals surface area (Å²) in [7, 11) is 1.60. The molecule has 27 heavy (non-hydrogen) atoms. The van der Waals surface area contributed by atoms with Crippen LogP contribution in [0.25, 0.3) is 22.6 Å². The summed E-state index contributed by atoms with van der Waals surface area (Å²) in [5, 5.41) is 3.14. The van der Waals surface area contributed by atoms with E-state index >= 15 is 0 Å². The third kappa shape index (κ3) is 3.67. The molecule has 1 aromatic heterocycles. The first-order valence-corrected chi connectivity index (χ1v) is 8.60. The van der Waals surface area contributed by atoms with Crippen LogP contribution in [-0.4, -0.2) is 24.4 Å². The molecule has 3 aromatic carbocycles. The normalized spacial score (nSPS) is 10.7. The number of hydrogen-bond acceptors (Lipinski definition) is 5. The van der Waals surface area contributed by atoms with Gasteiger partial charge in [-0.05, 0) is 60.7 Å². The van der Waals surface area contributed by atoms with Crippen LogP contribution in [0.3, 0.4) is 0 Å². The van der Waals surface area contributed by atoms with Crippen molar-refractivity contribution in [3.05, 3.63) is 78.4 Å². The summed E-state index contributed by atoms with van der Waals surface area (Å²) in [6.45, 7) is 0.217. The van der Waals surface area contributed by atoms with E-state index in [-0.39, 0.29) is 12.3 Å². The number of rotatable bonds is 6. The highest BCUT2D eigenvalue weighted by Gasteiger charge is 2.09. The van der Waals surface area contributed by atoms with Gasteiger partial charge in [-0.15, -0.1) is 0 Å². The number of ketones is 1. The zero-order chi connectivity index (χ0) is 18.6. The summed E-state index contributed by atoms with van der Waals surface area (Å²) < 4.78 is 10.9. The van der Waals surface area contributed by atoms with Crippen molar-refractivity contribution < 1.29 is 13.9 Å². The van der Waals surface area contributed by atoms with Crippen LogP contribution >= 0.6 is 0 Å². The zero-order valence-corrected chi connectivity index (χ0v) is 14.8. The van der Waals surface area contributed by atoms with Crippen molar-refractivity contribution in [3.8, 4) is 17.2 Å². The molecule has 5 heteroatoms. The number of oxazole rings is 1. The lowest BCUT2D eigenvalue weighted by Crippen LogP contribution is -2.13. The molecule has 0 unspecified atom stereocenters. The molecule has 1 heterocycles. The van der Waals surface area contributed by atoms with Crippen molar-refractivity contribution in [3.63, 3.8) is 0 Å². The molecular formula is C22H18N2O3. The lowest BCUT2D eigenvalue weighted by Gasteiger charge is -2.07. The minimum atomic E-state index is 0.0145. The number of Topliss-reactive ketones (excluding diaryl/α,β-unsaturated/α-hetero) is 1. The third-order valence-corrected chi connectivity index (χ3v) is 4.29. The number of methoxy groups -OCH3 is 1. The number of hydrogen-bond donors (Lipinski definition) is 1. The van der Waals surface area contributed by atoms with E-state index in [0.29, 0.717) is 11.5 Å². The Labute approximate surface area is 156 Å². The minimum absolute atomic E-state index is 0.0145. The summed E-state index contributed by atoms with van der Waals surface area (Å²) in [5.41, 5.74) is 3.99. The van der Waals surface area contributed by atoms with E-state index in [9.17, 15) is 4.79 Å². The monoisotopic (exact) mass is 358 g/mol. The molecule has 134 valence electrons. The second-order valence-corrected chi connectivity index (χ2v) is 6.07. The molecule has 0 radical (unpaired) electrons. The maximum absolute atomic E-state index is 12.3. The molecule has 0 atom stereocenters. The fourth-order valence-electron chi connectivity index (χ4n) is 2.79. The van der Waals surface area contributed by atoms with Crippen molar-refractivity contribution in [2.24, 2.45) is 0 Å². The number of carbonyl (C=O) groups is 1. The summed E-state index contributed by atoms with van der Waals surface area (Å²) >= 11 is 0. The van der Waals surface area contributed by atoms with E-state index in [1.165, 1.54) is 0 Å². The molecule has 0 spiro atoms. The molecule has 5 nitrogen and oxygen atoms in total. The molecule has 4 aromatic rings. The molecule has 0 amide bonds. The Morgan fingerprint density at radius 1 is 1.00 bits per heavy atom. The summed E-state index contributed by atoms with van der Waals surface area (Å²) in [4.78, 5) is 16.8. The van der Waals surface area contributed by atoms with Crippen LogP contribution in [0.1, 0.15) is 10.4 Å². The predicted octanol–water partition coefficient (Wildman–Crippen LogP) is 4.80. The van der Waals surface area contributed by atoms with E-state index in [1.807, 2.05) is 48.5 Å². The van der Waals surface area contributed by atoms with Crippen LogP contribution in [-0.2, 0) is 0 Å². The van der Waals surface area contributed by atoms with Crippen molar-refractivity contribution in [2.45, 2.75) is 0 Å². The minimum Gasteiger partial charge on any atom is -0.497 e. The Balaban J connectivity index is 1.42. The quantitative estimate of drug-likeness (QED) is 0.502. The van der Waals surface area contributed by atoms with Gasteiger partial charge in [0.05, 0.1) is 13.7 Å². The van der Waals surface area contributed by atoms with Gasteiger partial charge in [-0.25, -0.2) is 4.98 Å². The van der Waals surface area contributed by atoms with Gasteiger partial charge in [-0.1, -0.05) is 12.1 Å². The van der Waals surface area contributed by atoms with Gasteiger partial charge in [0.1, 0.15) is 11.3 Å². The Bertz CT molecular complexity index is 1030. The van der Waals surface area contributed by atoms with Gasteiger partial charge < -0.3 is 14.5 Å². The number of nitrogens with zero attached hydrogens (tertiary/aromatic N) is 1. The van der Waals surface area contributed by atoms with Crippen LogP contribution < -0.4 is 10.1 Å². The summed E-state index contributed by atoms with van der Waals surface area (Å²) in [5.74, 6) is 1.33. The van der Waals surface area contributed by atoms with Gasteiger partial charge in [-0.2, -0.15) is 0 Å². The van der Waals surface area contributed by atoms with Crippen molar-refractivity contribution in [1.82, 2.24) is 4.98 Å². The van der Waals surface area contributed by atoms with E-state index in [2.05, 4.69) is 10.3 Å². The van der Waals surface area contributed by atoms with E-state index in [0.717, 1.165) is 28.1 Å². The largest absolute Gasteiger partial charge is 0.497 e. The summed E-state index contributed by atoms with van der Waals surface area (Å²) in [6.07, 6.45) is 0. The third-order valence-electron chi connectivity index (χ3n) is 4.29. The number of carbonyl (C=O) groups excluding carboxylic acids is 1. The standard InChI is InChI=1S/C22H18N2O3/c1-26-18-12-8-15(9-13-18)20(25)14-23-17-10-6-16(7-11-17)22-24-19-4-2-3-5-21(19)27-22/h2-13,23H,14H2,1H3. The Hall–Kier alpha value is -3.60. The second kappa shape index (κ2) is 7.33. The lowest BCUT2D eigenvalue weighted by molar-refractivity contribution is 0.101. The van der Waals surface area contributed by atoms with Gasteiger partial charge in [0.15, 0.2) is 11.4 Å². The zero-order valence-electron chi connectivity index (χ0n) is 14.8. The molecule has 0 aliphatic carbocycles. The van der Waals surface area contributed by atoms with E-state index < -0.39 is 0 Å². The molecule has 0 saturated heterocycles. The first-order chi connectivity index (χ1) is 13.2. The molecule has 4 rings (SSSR count). The highest BCUT2D eigenvalue weighted by atomic mass is 16.5. The fourth-order valence-corrected chi connectivity index (χ4v) is 2.79. The topological polar surface area (TPSA) is 64.4 Å². The SMILES string of the molecule is COc1ccc(C(=O)CNc2ccc(-c3nc4ccccc4o3)cc2)cc1. The molecule has 0 bridgehead atoms. The van der Waals surface area contributed by atoms with Gasteiger partial charge >= 0.3 is 0 Å². The molecule has 0 aliphatic heterocycles. The van der Waals surface area contributed by atoms with Crippen molar-refractivity contribution in [2.75, 3.05) is 19.0 Å². The number of ether oxygens (including phenoxy) is 1. The smallest absolute Gasteiger partial charge is 0.227 e. The van der Waals surface area contributed by atoms with E-state index in [1.54, 1.807) is 31.4 Å². The fraction of sp³-hybridized carbons (Fsp3) is 0.0909. The Kier molecular flexibility index (Phi) is 4.58. The summed E-state index contributed by atoms with van der Waals surface area (Å²) in [6, 6.07) is 22.4. The number of benzene rings is 3. The van der Waals surface area contributed by atoms with Crippen LogP contribution in [0.5, 0.6) is 5.75 Å². The lowest BCUT2D eigenvalue weighted by atomic mass is 10.1. The van der Waals surface area contributed by atoms with Crippen LogP contribution in [0.4, 0.5) is 5.69 Å². The molecule has 0 fully saturated rings. The van der Waals surface area contributed by atoms with Crippen LogP contribution in [0.15, 0.2) is 77.2 Å². The molecular weight excluding hydrogens is 340 g/mol. The van der Waals surface area contributed by atoms with Gasteiger partial charge in [0, 0.05) is 16.8 Å². The number of nitrogens with one attached hydrogen (secondary N) is 1. The van der Waals surface area contributed by atoms with Gasteiger partial charge in [0.25, 0.3) is 0 Å². The van der Waals surface area contributed by atoms with Gasteiger partial charge in [-0.3, -0.25) is 4.79 Å². The highest BCUT2D eigenvalue weighted by molar-refractivity contribution is 5.99. The average molecular weight is 358 g/mol. The second-order valence-electron chi connectivity index (χ2n) is 6.07. The predicted molar refractivity (Wildman–Crippen MR) is 105 cm³/mol.